The maximum absolute atomic E-state index is 9.36. The monoisotopic (exact) mass is 243 g/mol. The van der Waals surface area contributed by atoms with Gasteiger partial charge >= 0.3 is 0 Å². The number of anilines is 2. The summed E-state index contributed by atoms with van der Waals surface area (Å²) in [4.78, 5) is 6.85. The second-order valence-electron chi connectivity index (χ2n) is 4.79. The minimum absolute atomic E-state index is 0.196. The lowest BCUT2D eigenvalue weighted by Gasteiger charge is -2.24. The number of nitrogens with two attached hydrogens (primary N) is 1. The van der Waals surface area contributed by atoms with Crippen LogP contribution in [-0.2, 0) is 0 Å². The highest BCUT2D eigenvalue weighted by molar-refractivity contribution is 5.83. The van der Waals surface area contributed by atoms with Crippen molar-refractivity contribution in [3.63, 3.8) is 0 Å². The normalized spacial score (nSPS) is 19.6. The van der Waals surface area contributed by atoms with Crippen molar-refractivity contribution < 1.29 is 5.11 Å². The summed E-state index contributed by atoms with van der Waals surface area (Å²) in [6.45, 7) is 1.17. The van der Waals surface area contributed by atoms with Gasteiger partial charge in [0.2, 0.25) is 0 Å². The van der Waals surface area contributed by atoms with Gasteiger partial charge in [-0.3, -0.25) is 0 Å². The Bertz CT molecular complexity index is 570. The van der Waals surface area contributed by atoms with Gasteiger partial charge in [-0.25, -0.2) is 4.98 Å². The zero-order chi connectivity index (χ0) is 12.5. The first-order chi connectivity index (χ1) is 8.78. The quantitative estimate of drug-likeness (QED) is 0.789. The van der Waals surface area contributed by atoms with Crippen molar-refractivity contribution in [1.29, 1.82) is 0 Å². The molecule has 0 spiro atoms. The number of nitrogen functional groups attached to an aromatic ring is 1. The van der Waals surface area contributed by atoms with Crippen LogP contribution in [0.25, 0.3) is 10.9 Å². The van der Waals surface area contributed by atoms with E-state index >= 15 is 0 Å². The van der Waals surface area contributed by atoms with Crippen molar-refractivity contribution in [1.82, 2.24) is 4.98 Å². The molecule has 0 amide bonds. The molecule has 1 aliphatic rings. The first kappa shape index (κ1) is 11.3. The minimum Gasteiger partial charge on any atom is -0.399 e. The second-order valence-corrected chi connectivity index (χ2v) is 4.79. The summed E-state index contributed by atoms with van der Waals surface area (Å²) in [7, 11) is 0. The number of rotatable bonds is 2. The van der Waals surface area contributed by atoms with Crippen molar-refractivity contribution in [2.75, 3.05) is 23.8 Å². The van der Waals surface area contributed by atoms with E-state index in [4.69, 9.17) is 5.73 Å². The van der Waals surface area contributed by atoms with E-state index in [0.717, 1.165) is 41.8 Å². The molecule has 3 N–H and O–H groups in total. The van der Waals surface area contributed by atoms with Crippen molar-refractivity contribution in [2.24, 2.45) is 0 Å². The molecule has 2 heterocycles. The number of pyridine rings is 1. The van der Waals surface area contributed by atoms with Crippen LogP contribution < -0.4 is 10.6 Å². The van der Waals surface area contributed by atoms with E-state index in [1.807, 2.05) is 30.3 Å². The number of hydrogen-bond donors (Lipinski definition) is 2. The first-order valence-electron chi connectivity index (χ1n) is 6.32. The smallest absolute Gasteiger partial charge is 0.129 e. The summed E-state index contributed by atoms with van der Waals surface area (Å²) >= 11 is 0. The van der Waals surface area contributed by atoms with Gasteiger partial charge in [0.1, 0.15) is 5.82 Å². The molecule has 94 valence electrons. The molecule has 0 aliphatic carbocycles. The van der Waals surface area contributed by atoms with Crippen LogP contribution in [0, 0.1) is 0 Å². The maximum atomic E-state index is 9.36. The third kappa shape index (κ3) is 1.88. The highest BCUT2D eigenvalue weighted by Crippen LogP contribution is 2.26. The summed E-state index contributed by atoms with van der Waals surface area (Å²) in [5, 5.41) is 10.4. The van der Waals surface area contributed by atoms with E-state index < -0.39 is 0 Å². The highest BCUT2D eigenvalue weighted by Gasteiger charge is 2.24. The summed E-state index contributed by atoms with van der Waals surface area (Å²) in [5.41, 5.74) is 7.46. The average Bonchev–Trinajstić information content (AvgIpc) is 2.86. The van der Waals surface area contributed by atoms with E-state index in [2.05, 4.69) is 9.88 Å². The number of aliphatic hydroxyl groups is 1. The van der Waals surface area contributed by atoms with Gasteiger partial charge in [0.05, 0.1) is 18.2 Å². The Balaban J connectivity index is 2.00. The predicted molar refractivity (Wildman–Crippen MR) is 73.6 cm³/mol. The van der Waals surface area contributed by atoms with Crippen molar-refractivity contribution in [2.45, 2.75) is 18.9 Å². The largest absolute Gasteiger partial charge is 0.399 e. The van der Waals surface area contributed by atoms with Crippen LogP contribution >= 0.6 is 0 Å². The molecule has 1 fully saturated rings. The predicted octanol–water partition coefficient (Wildman–Crippen LogP) is 1.78. The summed E-state index contributed by atoms with van der Waals surface area (Å²) in [6.07, 6.45) is 2.16. The van der Waals surface area contributed by atoms with Crippen molar-refractivity contribution >= 4 is 22.4 Å². The van der Waals surface area contributed by atoms with Gasteiger partial charge in [0, 0.05) is 17.6 Å². The topological polar surface area (TPSA) is 62.4 Å². The molecule has 0 bridgehead atoms. The Morgan fingerprint density at radius 2 is 2.22 bits per heavy atom. The molecule has 4 nitrogen and oxygen atoms in total. The summed E-state index contributed by atoms with van der Waals surface area (Å²) in [6, 6.07) is 10.0. The summed E-state index contributed by atoms with van der Waals surface area (Å²) < 4.78 is 0. The van der Waals surface area contributed by atoms with Crippen LogP contribution in [-0.4, -0.2) is 29.3 Å². The molecule has 1 aromatic carbocycles. The lowest BCUT2D eigenvalue weighted by atomic mass is 10.2. The number of hydrogen-bond acceptors (Lipinski definition) is 4. The fourth-order valence-corrected chi connectivity index (χ4v) is 2.62. The minimum atomic E-state index is 0.196. The van der Waals surface area contributed by atoms with E-state index in [1.54, 1.807) is 0 Å². The third-order valence-corrected chi connectivity index (χ3v) is 3.58. The molecule has 2 aromatic rings. The number of aromatic nitrogens is 1. The third-order valence-electron chi connectivity index (χ3n) is 3.58. The van der Waals surface area contributed by atoms with E-state index in [9.17, 15) is 5.11 Å². The van der Waals surface area contributed by atoms with Gasteiger partial charge in [-0.2, -0.15) is 0 Å². The standard InChI is InChI=1S/C14H17N3O/c15-11-4-5-13-10(8-11)3-6-14(16-13)17-7-1-2-12(17)9-18/h3-6,8,12,18H,1-2,7,9,15H2. The molecule has 1 aliphatic heterocycles. The van der Waals surface area contributed by atoms with Crippen molar-refractivity contribution in [3.05, 3.63) is 30.3 Å². The fourth-order valence-electron chi connectivity index (χ4n) is 2.62. The average molecular weight is 243 g/mol. The Morgan fingerprint density at radius 1 is 1.33 bits per heavy atom. The molecule has 1 aromatic heterocycles. The molecule has 1 atom stereocenters. The molecule has 0 saturated carbocycles. The lowest BCUT2D eigenvalue weighted by molar-refractivity contribution is 0.266. The van der Waals surface area contributed by atoms with E-state index in [-0.39, 0.29) is 12.6 Å². The van der Waals surface area contributed by atoms with E-state index in [0.29, 0.717) is 0 Å². The Morgan fingerprint density at radius 3 is 3.06 bits per heavy atom. The van der Waals surface area contributed by atoms with Crippen LogP contribution in [0.3, 0.4) is 0 Å². The molecule has 1 unspecified atom stereocenters. The molecule has 4 heteroatoms. The molecular formula is C14H17N3O. The number of fused-ring (bicyclic) bond motifs is 1. The van der Waals surface area contributed by atoms with Crippen LogP contribution in [0.4, 0.5) is 11.5 Å². The lowest BCUT2D eigenvalue weighted by Crippen LogP contribution is -2.32. The van der Waals surface area contributed by atoms with E-state index in [1.165, 1.54) is 0 Å². The molecule has 18 heavy (non-hydrogen) atoms. The summed E-state index contributed by atoms with van der Waals surface area (Å²) in [5.74, 6) is 0.948. The van der Waals surface area contributed by atoms with Gasteiger partial charge in [0.15, 0.2) is 0 Å². The van der Waals surface area contributed by atoms with Gasteiger partial charge in [-0.1, -0.05) is 0 Å². The first-order valence-corrected chi connectivity index (χ1v) is 6.32. The fraction of sp³-hybridized carbons (Fsp3) is 0.357. The Labute approximate surface area is 106 Å². The van der Waals surface area contributed by atoms with Crippen LogP contribution in [0.1, 0.15) is 12.8 Å². The maximum Gasteiger partial charge on any atom is 0.129 e. The van der Waals surface area contributed by atoms with Gasteiger partial charge in [-0.15, -0.1) is 0 Å². The Hall–Kier alpha value is -1.81. The molecule has 0 radical (unpaired) electrons. The number of nitrogens with zero attached hydrogens (tertiary/aromatic N) is 2. The SMILES string of the molecule is Nc1ccc2nc(N3CCCC3CO)ccc2c1. The van der Waals surface area contributed by atoms with Gasteiger partial charge in [-0.05, 0) is 43.2 Å². The zero-order valence-corrected chi connectivity index (χ0v) is 10.2. The van der Waals surface area contributed by atoms with Gasteiger partial charge in [0.25, 0.3) is 0 Å². The second kappa shape index (κ2) is 4.46. The highest BCUT2D eigenvalue weighted by atomic mass is 16.3. The number of aliphatic hydroxyl groups excluding tert-OH is 1. The molecular weight excluding hydrogens is 226 g/mol. The van der Waals surface area contributed by atoms with Crippen molar-refractivity contribution in [3.8, 4) is 0 Å². The zero-order valence-electron chi connectivity index (χ0n) is 10.2. The molecule has 3 rings (SSSR count). The van der Waals surface area contributed by atoms with Gasteiger partial charge < -0.3 is 15.7 Å². The van der Waals surface area contributed by atoms with Crippen LogP contribution in [0.5, 0.6) is 0 Å². The number of benzene rings is 1. The van der Waals surface area contributed by atoms with Crippen LogP contribution in [0.2, 0.25) is 0 Å². The Kier molecular flexibility index (Phi) is 2.80. The molecule has 1 saturated heterocycles. The van der Waals surface area contributed by atoms with Crippen LogP contribution in [0.15, 0.2) is 30.3 Å².